The highest BCUT2D eigenvalue weighted by Gasteiger charge is 2.18. The van der Waals surface area contributed by atoms with Crippen molar-refractivity contribution in [2.45, 2.75) is 27.3 Å². The Morgan fingerprint density at radius 1 is 1.17 bits per heavy atom. The number of nitrogens with zero attached hydrogens (tertiary/aromatic N) is 4. The second-order valence-corrected chi connectivity index (χ2v) is 8.69. The number of imidazole rings is 1. The van der Waals surface area contributed by atoms with Crippen molar-refractivity contribution in [3.8, 4) is 11.3 Å². The van der Waals surface area contributed by atoms with Crippen LogP contribution in [-0.2, 0) is 16.6 Å². The maximum atomic E-state index is 12.3. The Kier molecular flexibility index (Phi) is 8.66. The van der Waals surface area contributed by atoms with Gasteiger partial charge in [-0.05, 0) is 12.5 Å². The van der Waals surface area contributed by atoms with Gasteiger partial charge in [-0.2, -0.15) is 0 Å². The molecule has 0 radical (unpaired) electrons. The molecular formula is C20H32N6O2S. The molecule has 0 aliphatic rings. The van der Waals surface area contributed by atoms with Crippen LogP contribution in [0.4, 0.5) is 0 Å². The second kappa shape index (κ2) is 11.0. The van der Waals surface area contributed by atoms with E-state index in [0.29, 0.717) is 32.1 Å². The average molecular weight is 421 g/mol. The number of nitrogens with one attached hydrogen (secondary N) is 2. The topological polar surface area (TPSA) is 93.7 Å². The molecule has 0 aliphatic carbocycles. The molecule has 0 atom stereocenters. The summed E-state index contributed by atoms with van der Waals surface area (Å²) in [4.78, 5) is 14.2. The van der Waals surface area contributed by atoms with Gasteiger partial charge in [-0.15, -0.1) is 0 Å². The molecule has 0 spiro atoms. The van der Waals surface area contributed by atoms with Gasteiger partial charge >= 0.3 is 0 Å². The molecule has 0 bridgehead atoms. The lowest BCUT2D eigenvalue weighted by atomic mass is 10.2. The first-order chi connectivity index (χ1) is 13.9. The minimum absolute atomic E-state index is 0.00365. The Hall–Kier alpha value is -2.39. The molecule has 1 aromatic heterocycles. The molecule has 9 heteroatoms. The molecule has 0 unspecified atom stereocenters. The molecule has 0 saturated heterocycles. The molecule has 2 N–H and O–H groups in total. The fourth-order valence-corrected chi connectivity index (χ4v) is 4.36. The minimum atomic E-state index is -3.28. The molecule has 0 fully saturated rings. The first-order valence-corrected chi connectivity index (χ1v) is 11.6. The summed E-state index contributed by atoms with van der Waals surface area (Å²) in [6.07, 6.45) is 1.82. The summed E-state index contributed by atoms with van der Waals surface area (Å²) in [5.41, 5.74) is 2.04. The molecule has 2 aromatic rings. The lowest BCUT2D eigenvalue weighted by molar-refractivity contribution is 0.444. The standard InChI is InChI=1S/C20H32N6O2S/c1-5-21-20(22-13-14-29(27,28)26(6-2)7-3)25(4)16-19-23-15-18(24-19)17-11-9-8-10-12-17/h8-12,15H,5-7,13-14,16H2,1-4H3,(H,21,22)(H,23,24). The Morgan fingerprint density at radius 3 is 2.48 bits per heavy atom. The molecule has 1 heterocycles. The van der Waals surface area contributed by atoms with Crippen molar-refractivity contribution in [3.05, 3.63) is 42.4 Å². The van der Waals surface area contributed by atoms with E-state index in [0.717, 1.165) is 17.1 Å². The summed E-state index contributed by atoms with van der Waals surface area (Å²) in [5.74, 6) is 1.46. The van der Waals surface area contributed by atoms with E-state index in [4.69, 9.17) is 0 Å². The van der Waals surface area contributed by atoms with E-state index in [-0.39, 0.29) is 12.3 Å². The molecular weight excluding hydrogens is 388 g/mol. The van der Waals surface area contributed by atoms with Crippen molar-refractivity contribution < 1.29 is 8.42 Å². The van der Waals surface area contributed by atoms with E-state index in [2.05, 4.69) is 20.3 Å². The molecule has 2 rings (SSSR count). The Balaban J connectivity index is 2.03. The highest BCUT2D eigenvalue weighted by molar-refractivity contribution is 7.89. The van der Waals surface area contributed by atoms with Crippen LogP contribution in [0.15, 0.2) is 41.5 Å². The number of aromatic amines is 1. The smallest absolute Gasteiger partial charge is 0.215 e. The van der Waals surface area contributed by atoms with Crippen LogP contribution in [0, 0.1) is 0 Å². The van der Waals surface area contributed by atoms with E-state index in [1.54, 1.807) is 0 Å². The number of H-pyrrole nitrogens is 1. The molecule has 0 saturated carbocycles. The van der Waals surface area contributed by atoms with Crippen LogP contribution in [0.5, 0.6) is 0 Å². The Morgan fingerprint density at radius 2 is 1.86 bits per heavy atom. The normalized spacial score (nSPS) is 12.4. The predicted octanol–water partition coefficient (Wildman–Crippen LogP) is 2.15. The number of sulfonamides is 1. The Labute approximate surface area is 174 Å². The zero-order valence-electron chi connectivity index (χ0n) is 17.7. The van der Waals surface area contributed by atoms with Crippen molar-refractivity contribution in [1.82, 2.24) is 24.5 Å². The third kappa shape index (κ3) is 6.57. The van der Waals surface area contributed by atoms with E-state index >= 15 is 0 Å². The van der Waals surface area contributed by atoms with Crippen LogP contribution >= 0.6 is 0 Å². The highest BCUT2D eigenvalue weighted by Crippen LogP contribution is 2.16. The van der Waals surface area contributed by atoms with Gasteiger partial charge in [0.2, 0.25) is 10.0 Å². The van der Waals surface area contributed by atoms with Crippen molar-refractivity contribution in [1.29, 1.82) is 0 Å². The van der Waals surface area contributed by atoms with Crippen molar-refractivity contribution in [3.63, 3.8) is 0 Å². The highest BCUT2D eigenvalue weighted by atomic mass is 32.2. The maximum absolute atomic E-state index is 12.3. The van der Waals surface area contributed by atoms with Gasteiger partial charge in [-0.3, -0.25) is 4.99 Å². The summed E-state index contributed by atoms with van der Waals surface area (Å²) in [6, 6.07) is 10.0. The molecule has 160 valence electrons. The molecule has 0 aliphatic heterocycles. The number of guanidine groups is 1. The van der Waals surface area contributed by atoms with E-state index in [9.17, 15) is 8.42 Å². The van der Waals surface area contributed by atoms with Crippen molar-refractivity contribution >= 4 is 16.0 Å². The van der Waals surface area contributed by atoms with Crippen LogP contribution in [0.3, 0.4) is 0 Å². The van der Waals surface area contributed by atoms with E-state index < -0.39 is 10.0 Å². The van der Waals surface area contributed by atoms with Crippen molar-refractivity contribution in [2.75, 3.05) is 39.0 Å². The monoisotopic (exact) mass is 420 g/mol. The number of hydrogen-bond donors (Lipinski definition) is 2. The summed E-state index contributed by atoms with van der Waals surface area (Å²) < 4.78 is 26.1. The van der Waals surface area contributed by atoms with Gasteiger partial charge in [-0.25, -0.2) is 17.7 Å². The molecule has 0 amide bonds. The molecule has 29 heavy (non-hydrogen) atoms. The van der Waals surface area contributed by atoms with Crippen LogP contribution in [-0.4, -0.2) is 72.5 Å². The number of benzene rings is 1. The fraction of sp³-hybridized carbons (Fsp3) is 0.500. The lowest BCUT2D eigenvalue weighted by Crippen LogP contribution is -2.39. The van der Waals surface area contributed by atoms with E-state index in [1.165, 1.54) is 4.31 Å². The number of aliphatic imine (C=N–C) groups is 1. The van der Waals surface area contributed by atoms with Crippen molar-refractivity contribution in [2.24, 2.45) is 4.99 Å². The second-order valence-electron chi connectivity index (χ2n) is 6.60. The van der Waals surface area contributed by atoms with Crippen LogP contribution in [0.2, 0.25) is 0 Å². The molecule has 8 nitrogen and oxygen atoms in total. The third-order valence-corrected chi connectivity index (χ3v) is 6.51. The summed E-state index contributed by atoms with van der Waals surface area (Å²) >= 11 is 0. The summed E-state index contributed by atoms with van der Waals surface area (Å²) in [7, 11) is -1.38. The minimum Gasteiger partial charge on any atom is -0.357 e. The average Bonchev–Trinajstić information content (AvgIpc) is 3.17. The zero-order chi connectivity index (χ0) is 21.3. The first-order valence-electron chi connectivity index (χ1n) is 9.97. The van der Waals surface area contributed by atoms with Gasteiger partial charge in [0.15, 0.2) is 5.96 Å². The van der Waals surface area contributed by atoms with Crippen LogP contribution < -0.4 is 5.32 Å². The van der Waals surface area contributed by atoms with Crippen LogP contribution in [0.25, 0.3) is 11.3 Å². The summed E-state index contributed by atoms with van der Waals surface area (Å²) in [6.45, 7) is 8.05. The predicted molar refractivity (Wildman–Crippen MR) is 118 cm³/mol. The largest absolute Gasteiger partial charge is 0.357 e. The van der Waals surface area contributed by atoms with Gasteiger partial charge in [0.25, 0.3) is 0 Å². The number of aromatic nitrogens is 2. The van der Waals surface area contributed by atoms with E-state index in [1.807, 2.05) is 69.2 Å². The molecule has 1 aromatic carbocycles. The van der Waals surface area contributed by atoms with Gasteiger partial charge in [0, 0.05) is 26.7 Å². The summed E-state index contributed by atoms with van der Waals surface area (Å²) in [5, 5.41) is 3.21. The SMILES string of the molecule is CCNC(=NCCS(=O)(=O)N(CC)CC)N(C)Cc1ncc(-c2ccccc2)[nH]1. The van der Waals surface area contributed by atoms with Gasteiger partial charge < -0.3 is 15.2 Å². The number of rotatable bonds is 10. The first kappa shape index (κ1) is 22.9. The zero-order valence-corrected chi connectivity index (χ0v) is 18.5. The Bertz CT molecular complexity index is 875. The lowest BCUT2D eigenvalue weighted by Gasteiger charge is -2.21. The third-order valence-electron chi connectivity index (χ3n) is 4.51. The number of hydrogen-bond acceptors (Lipinski definition) is 4. The van der Waals surface area contributed by atoms with Gasteiger partial charge in [0.05, 0.1) is 30.7 Å². The van der Waals surface area contributed by atoms with Gasteiger partial charge in [-0.1, -0.05) is 44.2 Å². The fourth-order valence-electron chi connectivity index (χ4n) is 2.99. The maximum Gasteiger partial charge on any atom is 0.215 e. The van der Waals surface area contributed by atoms with Gasteiger partial charge in [0.1, 0.15) is 5.82 Å². The van der Waals surface area contributed by atoms with Crippen LogP contribution in [0.1, 0.15) is 26.6 Å². The quantitative estimate of drug-likeness (QED) is 0.454.